The molecule has 2 aromatic rings. The fourth-order valence-electron chi connectivity index (χ4n) is 3.54. The molecule has 7 heteroatoms. The van der Waals surface area contributed by atoms with Crippen molar-refractivity contribution >= 4 is 23.0 Å². The number of anilines is 2. The third kappa shape index (κ3) is 4.24. The first-order valence-electron chi connectivity index (χ1n) is 9.72. The number of nitrogens with zero attached hydrogens (tertiary/aromatic N) is 3. The third-order valence-corrected chi connectivity index (χ3v) is 5.31. The van der Waals surface area contributed by atoms with Crippen molar-refractivity contribution in [2.45, 2.75) is 25.3 Å². The lowest BCUT2D eigenvalue weighted by molar-refractivity contribution is -0.384. The van der Waals surface area contributed by atoms with E-state index in [1.54, 1.807) is 12.1 Å². The number of hydrogen-bond acceptors (Lipinski definition) is 5. The number of piperazine rings is 1. The van der Waals surface area contributed by atoms with E-state index < -0.39 is 0 Å². The molecule has 7 nitrogen and oxygen atoms in total. The van der Waals surface area contributed by atoms with Crippen LogP contribution in [0.3, 0.4) is 0 Å². The van der Waals surface area contributed by atoms with Crippen molar-refractivity contribution in [2.24, 2.45) is 0 Å². The van der Waals surface area contributed by atoms with E-state index in [1.807, 2.05) is 41.3 Å². The Morgan fingerprint density at radius 1 is 1.07 bits per heavy atom. The Morgan fingerprint density at radius 3 is 2.43 bits per heavy atom. The van der Waals surface area contributed by atoms with Crippen LogP contribution in [0.15, 0.2) is 48.5 Å². The number of rotatable bonds is 6. The second kappa shape index (κ2) is 7.88. The maximum absolute atomic E-state index is 12.5. The molecule has 1 amide bonds. The Bertz CT molecular complexity index is 859. The quantitative estimate of drug-likeness (QED) is 0.615. The molecule has 1 saturated heterocycles. The summed E-state index contributed by atoms with van der Waals surface area (Å²) in [5.74, 6) is 0.144. The summed E-state index contributed by atoms with van der Waals surface area (Å²) in [6.07, 6.45) is 2.54. The van der Waals surface area contributed by atoms with Gasteiger partial charge < -0.3 is 15.1 Å². The van der Waals surface area contributed by atoms with E-state index >= 15 is 0 Å². The summed E-state index contributed by atoms with van der Waals surface area (Å²) in [4.78, 5) is 27.6. The largest absolute Gasteiger partial charge is 0.377 e. The van der Waals surface area contributed by atoms with Crippen LogP contribution in [0.25, 0.3) is 0 Å². The minimum Gasteiger partial charge on any atom is -0.377 e. The Morgan fingerprint density at radius 2 is 1.79 bits per heavy atom. The van der Waals surface area contributed by atoms with Gasteiger partial charge in [-0.25, -0.2) is 0 Å². The van der Waals surface area contributed by atoms with Crippen molar-refractivity contribution in [3.63, 3.8) is 0 Å². The molecule has 1 aliphatic carbocycles. The zero-order chi connectivity index (χ0) is 19.5. The van der Waals surface area contributed by atoms with Gasteiger partial charge in [-0.1, -0.05) is 30.3 Å². The van der Waals surface area contributed by atoms with Crippen molar-refractivity contribution in [1.82, 2.24) is 4.90 Å². The number of nitro groups is 1. The van der Waals surface area contributed by atoms with Crippen LogP contribution in [0.5, 0.6) is 0 Å². The first-order chi connectivity index (χ1) is 13.6. The summed E-state index contributed by atoms with van der Waals surface area (Å²) < 4.78 is 0. The average Bonchev–Trinajstić information content (AvgIpc) is 3.52. The minimum absolute atomic E-state index is 0.118. The molecule has 0 aromatic heterocycles. The van der Waals surface area contributed by atoms with E-state index in [2.05, 4.69) is 10.2 Å². The summed E-state index contributed by atoms with van der Waals surface area (Å²) in [5.41, 5.74) is 2.70. The second-order valence-corrected chi connectivity index (χ2v) is 7.41. The van der Waals surface area contributed by atoms with E-state index in [-0.39, 0.29) is 16.5 Å². The van der Waals surface area contributed by atoms with Crippen molar-refractivity contribution in [1.29, 1.82) is 0 Å². The molecule has 28 heavy (non-hydrogen) atoms. The van der Waals surface area contributed by atoms with Gasteiger partial charge in [-0.3, -0.25) is 14.9 Å². The molecule has 1 aliphatic heterocycles. The zero-order valence-electron chi connectivity index (χ0n) is 15.7. The Labute approximate surface area is 164 Å². The Balaban J connectivity index is 1.39. The monoisotopic (exact) mass is 380 g/mol. The Hall–Kier alpha value is -3.09. The normalized spacial score (nSPS) is 16.7. The number of nitrogens with one attached hydrogen (secondary N) is 1. The number of hydrogen-bond donors (Lipinski definition) is 1. The van der Waals surface area contributed by atoms with Gasteiger partial charge in [-0.15, -0.1) is 0 Å². The van der Waals surface area contributed by atoms with Crippen LogP contribution in [0.1, 0.15) is 18.4 Å². The molecule has 2 aliphatic rings. The molecule has 4 rings (SSSR count). The van der Waals surface area contributed by atoms with Crippen molar-refractivity contribution in [3.05, 3.63) is 64.2 Å². The van der Waals surface area contributed by atoms with Crippen molar-refractivity contribution in [3.8, 4) is 0 Å². The molecular weight excluding hydrogens is 356 g/mol. The maximum atomic E-state index is 12.5. The van der Waals surface area contributed by atoms with Gasteiger partial charge in [-0.2, -0.15) is 0 Å². The number of benzene rings is 2. The summed E-state index contributed by atoms with van der Waals surface area (Å²) in [6.45, 7) is 2.77. The predicted molar refractivity (Wildman–Crippen MR) is 109 cm³/mol. The fourth-order valence-corrected chi connectivity index (χ4v) is 3.54. The lowest BCUT2D eigenvalue weighted by Crippen LogP contribution is -2.49. The second-order valence-electron chi connectivity index (χ2n) is 7.41. The van der Waals surface area contributed by atoms with Crippen LogP contribution in [-0.2, 0) is 11.2 Å². The van der Waals surface area contributed by atoms with E-state index in [9.17, 15) is 14.9 Å². The van der Waals surface area contributed by atoms with Crippen LogP contribution in [0.4, 0.5) is 17.1 Å². The smallest absolute Gasteiger partial charge is 0.292 e. The number of carbonyl (C=O) groups excluding carboxylic acids is 1. The molecule has 0 spiro atoms. The van der Waals surface area contributed by atoms with Crippen molar-refractivity contribution in [2.75, 3.05) is 36.4 Å². The van der Waals surface area contributed by atoms with E-state index in [1.165, 1.54) is 0 Å². The molecule has 2 fully saturated rings. The number of carbonyl (C=O) groups is 1. The van der Waals surface area contributed by atoms with Crippen LogP contribution in [0, 0.1) is 10.1 Å². The molecule has 146 valence electrons. The molecule has 2 aromatic carbocycles. The molecule has 0 unspecified atom stereocenters. The molecule has 0 bridgehead atoms. The van der Waals surface area contributed by atoms with E-state index in [4.69, 9.17) is 0 Å². The third-order valence-electron chi connectivity index (χ3n) is 5.31. The molecule has 0 atom stereocenters. The van der Waals surface area contributed by atoms with E-state index in [0.717, 1.165) is 37.2 Å². The topological polar surface area (TPSA) is 78.7 Å². The van der Waals surface area contributed by atoms with Gasteiger partial charge in [0.1, 0.15) is 5.69 Å². The molecule has 1 heterocycles. The highest BCUT2D eigenvalue weighted by Crippen LogP contribution is 2.34. The van der Waals surface area contributed by atoms with Crippen LogP contribution in [0.2, 0.25) is 0 Å². The van der Waals surface area contributed by atoms with Gasteiger partial charge >= 0.3 is 0 Å². The SMILES string of the molecule is O=C(Cc1ccccc1)N1CCN(c2ccc([N+](=O)[O-])c(NC3CC3)c2)CC1. The maximum Gasteiger partial charge on any atom is 0.292 e. The summed E-state index contributed by atoms with van der Waals surface area (Å²) in [7, 11) is 0. The van der Waals surface area contributed by atoms with Crippen LogP contribution < -0.4 is 10.2 Å². The van der Waals surface area contributed by atoms with Gasteiger partial charge in [0.25, 0.3) is 5.69 Å². The first kappa shape index (κ1) is 18.3. The van der Waals surface area contributed by atoms with Gasteiger partial charge in [0.2, 0.25) is 5.91 Å². The zero-order valence-corrected chi connectivity index (χ0v) is 15.7. The first-order valence-corrected chi connectivity index (χ1v) is 9.72. The highest BCUT2D eigenvalue weighted by molar-refractivity contribution is 5.79. The lowest BCUT2D eigenvalue weighted by atomic mass is 10.1. The average molecular weight is 380 g/mol. The standard InChI is InChI=1S/C21H24N4O3/c26-21(14-16-4-2-1-3-5-16)24-12-10-23(11-13-24)18-8-9-20(25(27)28)19(15-18)22-17-6-7-17/h1-5,8-9,15,17,22H,6-7,10-14H2. The molecule has 0 radical (unpaired) electrons. The predicted octanol–water partition coefficient (Wildman–Crippen LogP) is 3.06. The minimum atomic E-state index is -0.339. The van der Waals surface area contributed by atoms with Gasteiger partial charge in [0.15, 0.2) is 0 Å². The molecule has 1 N–H and O–H groups in total. The van der Waals surface area contributed by atoms with Gasteiger partial charge in [-0.05, 0) is 30.5 Å². The van der Waals surface area contributed by atoms with Crippen LogP contribution >= 0.6 is 0 Å². The summed E-state index contributed by atoms with van der Waals surface area (Å²) in [5, 5.41) is 14.6. The summed E-state index contributed by atoms with van der Waals surface area (Å²) in [6, 6.07) is 15.4. The lowest BCUT2D eigenvalue weighted by Gasteiger charge is -2.36. The Kier molecular flexibility index (Phi) is 5.14. The van der Waals surface area contributed by atoms with E-state index in [0.29, 0.717) is 31.2 Å². The molecular formula is C21H24N4O3. The number of nitro benzene ring substituents is 1. The van der Waals surface area contributed by atoms with Crippen molar-refractivity contribution < 1.29 is 9.72 Å². The number of amides is 1. The van der Waals surface area contributed by atoms with Gasteiger partial charge in [0.05, 0.1) is 11.3 Å². The molecule has 1 saturated carbocycles. The van der Waals surface area contributed by atoms with Gasteiger partial charge in [0, 0.05) is 44.0 Å². The van der Waals surface area contributed by atoms with Crippen LogP contribution in [-0.4, -0.2) is 48.0 Å². The summed E-state index contributed by atoms with van der Waals surface area (Å²) >= 11 is 0. The highest BCUT2D eigenvalue weighted by atomic mass is 16.6. The fraction of sp³-hybridized carbons (Fsp3) is 0.381. The highest BCUT2D eigenvalue weighted by Gasteiger charge is 2.26.